The summed E-state index contributed by atoms with van der Waals surface area (Å²) in [5, 5.41) is 9.21. The van der Waals surface area contributed by atoms with E-state index in [0.29, 0.717) is 11.7 Å². The Balaban J connectivity index is 3.01. The Bertz CT molecular complexity index is 631. The molecule has 0 amide bonds. The summed E-state index contributed by atoms with van der Waals surface area (Å²) in [6.45, 7) is 3.54. The highest BCUT2D eigenvalue weighted by molar-refractivity contribution is 7.99. The van der Waals surface area contributed by atoms with Crippen LogP contribution in [0.1, 0.15) is 29.3 Å². The van der Waals surface area contributed by atoms with E-state index in [1.807, 2.05) is 13.2 Å². The van der Waals surface area contributed by atoms with Gasteiger partial charge in [0.05, 0.1) is 10.5 Å². The Morgan fingerprint density at radius 2 is 2.10 bits per heavy atom. The van der Waals surface area contributed by atoms with Gasteiger partial charge in [0.25, 0.3) is 0 Å². The van der Waals surface area contributed by atoms with Gasteiger partial charge in [0.1, 0.15) is 5.82 Å². The van der Waals surface area contributed by atoms with Crippen molar-refractivity contribution in [3.8, 4) is 0 Å². The van der Waals surface area contributed by atoms with E-state index in [0.717, 1.165) is 12.1 Å². The summed E-state index contributed by atoms with van der Waals surface area (Å²) >= 11 is 1.62. The maximum atomic E-state index is 13.6. The van der Waals surface area contributed by atoms with E-state index in [1.165, 1.54) is 6.92 Å². The third-order valence-electron chi connectivity index (χ3n) is 3.01. The average molecular weight is 335 g/mol. The largest absolute Gasteiger partial charge is 0.478 e. The number of nitrogens with one attached hydrogen (secondary N) is 1. The molecule has 0 aliphatic rings. The number of benzene rings is 1. The molecule has 21 heavy (non-hydrogen) atoms. The van der Waals surface area contributed by atoms with E-state index in [-0.39, 0.29) is 17.0 Å². The van der Waals surface area contributed by atoms with Crippen LogP contribution in [0.3, 0.4) is 0 Å². The first-order valence-corrected chi connectivity index (χ1v) is 9.02. The molecule has 8 heteroatoms. The van der Waals surface area contributed by atoms with Gasteiger partial charge in [-0.05, 0) is 37.3 Å². The van der Waals surface area contributed by atoms with Gasteiger partial charge in [-0.3, -0.25) is 0 Å². The Kier molecular flexibility index (Phi) is 6.18. The second-order valence-electron chi connectivity index (χ2n) is 4.64. The number of carboxylic acids is 1. The van der Waals surface area contributed by atoms with E-state index in [2.05, 4.69) is 4.72 Å². The number of thioether (sulfide) groups is 1. The van der Waals surface area contributed by atoms with Crippen molar-refractivity contribution in [1.29, 1.82) is 0 Å². The smallest absolute Gasteiger partial charge is 0.338 e. The van der Waals surface area contributed by atoms with Crippen molar-refractivity contribution in [3.63, 3.8) is 0 Å². The molecule has 118 valence electrons. The number of rotatable bonds is 7. The first-order chi connectivity index (χ1) is 9.69. The monoisotopic (exact) mass is 335 g/mol. The maximum absolute atomic E-state index is 13.6. The lowest BCUT2D eigenvalue weighted by molar-refractivity contribution is 0.0691. The van der Waals surface area contributed by atoms with Crippen molar-refractivity contribution in [2.24, 2.45) is 0 Å². The number of carbonyl (C=O) groups is 1. The first-order valence-electron chi connectivity index (χ1n) is 6.25. The van der Waals surface area contributed by atoms with Crippen LogP contribution in [-0.2, 0) is 10.0 Å². The summed E-state index contributed by atoms with van der Waals surface area (Å²) in [5.41, 5.74) is -0.666. The minimum Gasteiger partial charge on any atom is -0.478 e. The molecule has 2 N–H and O–H groups in total. The molecule has 0 spiro atoms. The maximum Gasteiger partial charge on any atom is 0.338 e. The van der Waals surface area contributed by atoms with Crippen LogP contribution in [0.25, 0.3) is 0 Å². The Labute approximate surface area is 128 Å². The lowest BCUT2D eigenvalue weighted by atomic mass is 10.1. The summed E-state index contributed by atoms with van der Waals surface area (Å²) < 4.78 is 40.2. The normalized spacial score (nSPS) is 13.1. The third kappa shape index (κ3) is 4.69. The Hall–Kier alpha value is -1.12. The predicted molar refractivity (Wildman–Crippen MR) is 80.9 cm³/mol. The predicted octanol–water partition coefficient (Wildman–Crippen LogP) is 2.25. The van der Waals surface area contributed by atoms with Crippen LogP contribution in [0.4, 0.5) is 4.39 Å². The number of halogens is 1. The van der Waals surface area contributed by atoms with Gasteiger partial charge in [-0.25, -0.2) is 22.3 Å². The van der Waals surface area contributed by atoms with Gasteiger partial charge >= 0.3 is 5.97 Å². The summed E-state index contributed by atoms with van der Waals surface area (Å²) in [7, 11) is -3.85. The zero-order valence-electron chi connectivity index (χ0n) is 12.0. The highest BCUT2D eigenvalue weighted by Gasteiger charge is 2.21. The number of hydrogen-bond acceptors (Lipinski definition) is 4. The van der Waals surface area contributed by atoms with Crippen LogP contribution in [0.15, 0.2) is 17.0 Å². The highest BCUT2D eigenvalue weighted by Crippen LogP contribution is 2.19. The molecule has 0 bridgehead atoms. The molecule has 0 aromatic heterocycles. The minimum atomic E-state index is -3.85. The summed E-state index contributed by atoms with van der Waals surface area (Å²) in [5.74, 6) is -2.42. The highest BCUT2D eigenvalue weighted by atomic mass is 32.2. The van der Waals surface area contributed by atoms with Crippen LogP contribution in [0.5, 0.6) is 0 Å². The number of carboxylic acid groups (broad SMARTS) is 1. The van der Waals surface area contributed by atoms with Gasteiger partial charge in [0.2, 0.25) is 10.0 Å². The van der Waals surface area contributed by atoms with E-state index in [9.17, 15) is 17.6 Å². The molecule has 1 atom stereocenters. The minimum absolute atomic E-state index is 0.0206. The molecular weight excluding hydrogens is 317 g/mol. The SMILES string of the molecule is CSC(C)CCNS(=O)(=O)c1cc(C)c(F)c(C(=O)O)c1. The van der Waals surface area contributed by atoms with Gasteiger partial charge in [-0.15, -0.1) is 0 Å². The van der Waals surface area contributed by atoms with Crippen LogP contribution in [0.2, 0.25) is 0 Å². The molecule has 0 saturated carbocycles. The van der Waals surface area contributed by atoms with E-state index in [4.69, 9.17) is 5.11 Å². The Morgan fingerprint density at radius 3 is 2.62 bits per heavy atom. The van der Waals surface area contributed by atoms with Crippen LogP contribution < -0.4 is 4.72 Å². The van der Waals surface area contributed by atoms with Gasteiger partial charge in [0.15, 0.2) is 0 Å². The summed E-state index contributed by atoms with van der Waals surface area (Å²) in [4.78, 5) is 10.7. The van der Waals surface area contributed by atoms with Crippen molar-refractivity contribution in [2.45, 2.75) is 30.4 Å². The third-order valence-corrected chi connectivity index (χ3v) is 5.49. The second-order valence-corrected chi connectivity index (χ2v) is 7.68. The van der Waals surface area contributed by atoms with Crippen molar-refractivity contribution in [1.82, 2.24) is 4.72 Å². The molecule has 1 aromatic rings. The zero-order chi connectivity index (χ0) is 16.2. The van der Waals surface area contributed by atoms with Crippen molar-refractivity contribution in [3.05, 3.63) is 29.1 Å². The topological polar surface area (TPSA) is 83.5 Å². The molecule has 0 radical (unpaired) electrons. The second kappa shape index (κ2) is 7.24. The molecule has 1 rings (SSSR count). The van der Waals surface area contributed by atoms with Gasteiger partial charge in [-0.1, -0.05) is 6.92 Å². The molecule has 0 aliphatic heterocycles. The molecule has 0 saturated heterocycles. The molecule has 1 unspecified atom stereocenters. The summed E-state index contributed by atoms with van der Waals surface area (Å²) in [6.07, 6.45) is 2.58. The molecule has 5 nitrogen and oxygen atoms in total. The first kappa shape index (κ1) is 17.9. The van der Waals surface area contributed by atoms with Crippen LogP contribution in [-0.4, -0.2) is 37.5 Å². The number of hydrogen-bond donors (Lipinski definition) is 2. The fourth-order valence-corrected chi connectivity index (χ4v) is 3.16. The lowest BCUT2D eigenvalue weighted by Crippen LogP contribution is -2.26. The average Bonchev–Trinajstić information content (AvgIpc) is 2.40. The molecule has 0 fully saturated rings. The number of aryl methyl sites for hydroxylation is 1. The van der Waals surface area contributed by atoms with Crippen molar-refractivity contribution in [2.75, 3.05) is 12.8 Å². The van der Waals surface area contributed by atoms with E-state index in [1.54, 1.807) is 11.8 Å². The van der Waals surface area contributed by atoms with Gasteiger partial charge < -0.3 is 5.11 Å². The van der Waals surface area contributed by atoms with Crippen molar-refractivity contribution < 1.29 is 22.7 Å². The number of sulfonamides is 1. The molecule has 0 aliphatic carbocycles. The van der Waals surface area contributed by atoms with Crippen LogP contribution in [0, 0.1) is 12.7 Å². The lowest BCUT2D eigenvalue weighted by Gasteiger charge is -2.11. The standard InChI is InChI=1S/C13H18FNO4S2/c1-8-6-10(7-11(12(8)14)13(16)17)21(18,19)15-5-4-9(2)20-3/h6-7,9,15H,4-5H2,1-3H3,(H,16,17). The van der Waals surface area contributed by atoms with Crippen molar-refractivity contribution >= 4 is 27.8 Å². The van der Waals surface area contributed by atoms with Crippen LogP contribution >= 0.6 is 11.8 Å². The fourth-order valence-electron chi connectivity index (χ4n) is 1.64. The van der Waals surface area contributed by atoms with Gasteiger partial charge in [0, 0.05) is 11.8 Å². The summed E-state index contributed by atoms with van der Waals surface area (Å²) in [6, 6.07) is 1.97. The molecule has 0 heterocycles. The molecular formula is C13H18FNO4S2. The van der Waals surface area contributed by atoms with E-state index < -0.39 is 27.4 Å². The quantitative estimate of drug-likeness (QED) is 0.798. The number of aromatic carboxylic acids is 1. The Morgan fingerprint density at radius 1 is 1.48 bits per heavy atom. The zero-order valence-corrected chi connectivity index (χ0v) is 13.6. The fraction of sp³-hybridized carbons (Fsp3) is 0.462. The van der Waals surface area contributed by atoms with Gasteiger partial charge in [-0.2, -0.15) is 11.8 Å². The van der Waals surface area contributed by atoms with E-state index >= 15 is 0 Å². The molecule has 1 aromatic carbocycles.